The molecule has 3 atom stereocenters. The highest BCUT2D eigenvalue weighted by atomic mass is 35.5. The highest BCUT2D eigenvalue weighted by molar-refractivity contribution is 6.39. The molecule has 13 heteroatoms. The first kappa shape index (κ1) is 31.7. The number of methoxy groups -OCH3 is 1. The van der Waals surface area contributed by atoms with E-state index in [2.05, 4.69) is 10.6 Å². The molecule has 5 rings (SSSR count). The monoisotopic (exact) mass is 641 g/mol. The zero-order valence-corrected chi connectivity index (χ0v) is 26.0. The SMILES string of the molecule is COc1nc(-c2cccc(-c3cccc(NC(=O)C4CN(C)C(=O)N(C)C4=O)c3Cl)c2Cl)ccc1CN[C@@H]1CCOC[C@@H]1O. The molecule has 2 aliphatic rings. The van der Waals surface area contributed by atoms with Crippen molar-refractivity contribution in [3.05, 3.63) is 64.1 Å². The Morgan fingerprint density at radius 3 is 2.50 bits per heavy atom. The van der Waals surface area contributed by atoms with Crippen LogP contribution in [-0.4, -0.2) is 90.8 Å². The summed E-state index contributed by atoms with van der Waals surface area (Å²) in [6.07, 6.45) is 0.130. The maximum Gasteiger partial charge on any atom is 0.326 e. The van der Waals surface area contributed by atoms with E-state index in [4.69, 9.17) is 37.7 Å². The van der Waals surface area contributed by atoms with E-state index in [1.54, 1.807) is 25.3 Å². The first-order valence-corrected chi connectivity index (χ1v) is 14.8. The molecule has 232 valence electrons. The van der Waals surface area contributed by atoms with Crippen LogP contribution in [-0.2, 0) is 20.9 Å². The third kappa shape index (κ3) is 6.38. The quantitative estimate of drug-likeness (QED) is 0.314. The molecule has 0 spiro atoms. The van der Waals surface area contributed by atoms with E-state index >= 15 is 0 Å². The second-order valence-corrected chi connectivity index (χ2v) is 11.5. The van der Waals surface area contributed by atoms with Gasteiger partial charge in [-0.3, -0.25) is 14.5 Å². The number of amides is 4. The molecule has 0 aliphatic carbocycles. The molecule has 1 unspecified atom stereocenters. The average Bonchev–Trinajstić information content (AvgIpc) is 3.02. The Morgan fingerprint density at radius 2 is 1.77 bits per heavy atom. The van der Waals surface area contributed by atoms with Crippen LogP contribution < -0.4 is 15.4 Å². The topological polar surface area (TPSA) is 133 Å². The normalized spacial score (nSPS) is 20.5. The van der Waals surface area contributed by atoms with Crippen LogP contribution in [0.1, 0.15) is 12.0 Å². The average molecular weight is 643 g/mol. The van der Waals surface area contributed by atoms with Gasteiger partial charge in [-0.2, -0.15) is 0 Å². The fraction of sp³-hybridized carbons (Fsp3) is 0.355. The van der Waals surface area contributed by atoms with Crippen molar-refractivity contribution < 1.29 is 29.0 Å². The number of urea groups is 1. The van der Waals surface area contributed by atoms with Crippen molar-refractivity contribution in [2.75, 3.05) is 46.3 Å². The number of pyridine rings is 1. The molecule has 1 aromatic heterocycles. The maximum atomic E-state index is 13.1. The summed E-state index contributed by atoms with van der Waals surface area (Å²) in [5.74, 6) is -1.80. The van der Waals surface area contributed by atoms with Crippen LogP contribution >= 0.6 is 23.2 Å². The van der Waals surface area contributed by atoms with E-state index in [1.165, 1.54) is 19.0 Å². The number of halogens is 2. The molecule has 44 heavy (non-hydrogen) atoms. The Morgan fingerprint density at radius 1 is 1.07 bits per heavy atom. The summed E-state index contributed by atoms with van der Waals surface area (Å²) in [6, 6.07) is 13.8. The summed E-state index contributed by atoms with van der Waals surface area (Å²) in [4.78, 5) is 44.8. The predicted octanol–water partition coefficient (Wildman–Crippen LogP) is 4.05. The molecule has 0 saturated carbocycles. The zero-order chi connectivity index (χ0) is 31.5. The van der Waals surface area contributed by atoms with E-state index in [9.17, 15) is 19.5 Å². The van der Waals surface area contributed by atoms with E-state index in [1.807, 2.05) is 30.3 Å². The van der Waals surface area contributed by atoms with Gasteiger partial charge in [0, 0.05) is 62.1 Å². The Bertz CT molecular complexity index is 1590. The minimum Gasteiger partial charge on any atom is -0.481 e. The van der Waals surface area contributed by atoms with E-state index < -0.39 is 29.9 Å². The van der Waals surface area contributed by atoms with E-state index in [0.29, 0.717) is 65.2 Å². The van der Waals surface area contributed by atoms with Crippen molar-refractivity contribution in [1.29, 1.82) is 0 Å². The van der Waals surface area contributed by atoms with Crippen LogP contribution in [0.4, 0.5) is 10.5 Å². The van der Waals surface area contributed by atoms with Gasteiger partial charge < -0.3 is 30.1 Å². The number of hydrogen-bond donors (Lipinski definition) is 3. The Kier molecular flexibility index (Phi) is 9.72. The molecule has 2 aliphatic heterocycles. The van der Waals surface area contributed by atoms with Gasteiger partial charge in [-0.1, -0.05) is 59.6 Å². The van der Waals surface area contributed by atoms with Crippen molar-refractivity contribution in [3.63, 3.8) is 0 Å². The summed E-state index contributed by atoms with van der Waals surface area (Å²) in [7, 11) is 4.42. The Labute approximate surface area is 265 Å². The van der Waals surface area contributed by atoms with Crippen molar-refractivity contribution in [1.82, 2.24) is 20.1 Å². The number of rotatable bonds is 8. The lowest BCUT2D eigenvalue weighted by Gasteiger charge is -2.33. The van der Waals surface area contributed by atoms with Crippen molar-refractivity contribution >= 4 is 46.7 Å². The molecule has 2 saturated heterocycles. The number of nitrogens with one attached hydrogen (secondary N) is 2. The van der Waals surface area contributed by atoms with Crippen LogP contribution in [0.3, 0.4) is 0 Å². The number of carbonyl (C=O) groups excluding carboxylic acids is 3. The largest absolute Gasteiger partial charge is 0.481 e. The second kappa shape index (κ2) is 13.5. The van der Waals surface area contributed by atoms with Crippen LogP contribution in [0.25, 0.3) is 22.4 Å². The molecule has 0 bridgehead atoms. The minimum absolute atomic E-state index is 0.0398. The number of aliphatic hydroxyl groups excluding tert-OH is 1. The van der Waals surface area contributed by atoms with Gasteiger partial charge in [0.15, 0.2) is 0 Å². The summed E-state index contributed by atoms with van der Waals surface area (Å²) in [5, 5.41) is 16.9. The molecule has 2 fully saturated rings. The van der Waals surface area contributed by atoms with Gasteiger partial charge >= 0.3 is 6.03 Å². The van der Waals surface area contributed by atoms with Gasteiger partial charge in [0.25, 0.3) is 0 Å². The number of carbonyl (C=O) groups is 3. The maximum absolute atomic E-state index is 13.1. The lowest BCUT2D eigenvalue weighted by Crippen LogP contribution is -2.56. The van der Waals surface area contributed by atoms with Gasteiger partial charge in [0.2, 0.25) is 17.7 Å². The number of aromatic nitrogens is 1. The second-order valence-electron chi connectivity index (χ2n) is 10.7. The number of benzene rings is 2. The molecule has 3 N–H and O–H groups in total. The summed E-state index contributed by atoms with van der Waals surface area (Å²) in [5.41, 5.74) is 3.55. The molecular weight excluding hydrogens is 609 g/mol. The standard InChI is InChI=1S/C31H33Cl2N5O6/c1-37-15-21(30(41)38(2)31(37)42)28(40)35-24-9-5-7-19(27(24)33)18-6-4-8-20(26(18)32)22-11-10-17(29(36-22)43-3)14-34-23-12-13-44-16-25(23)39/h4-11,21,23,25,34,39H,12-16H2,1-3H3,(H,35,40)/t21?,23-,25+/m1/s1. The van der Waals surface area contributed by atoms with Crippen LogP contribution in [0, 0.1) is 5.92 Å². The van der Waals surface area contributed by atoms with E-state index in [-0.39, 0.29) is 17.6 Å². The van der Waals surface area contributed by atoms with Gasteiger partial charge in [-0.25, -0.2) is 9.78 Å². The summed E-state index contributed by atoms with van der Waals surface area (Å²) in [6.45, 7) is 1.31. The van der Waals surface area contributed by atoms with Crippen molar-refractivity contribution in [2.45, 2.75) is 25.1 Å². The van der Waals surface area contributed by atoms with Crippen molar-refractivity contribution in [2.24, 2.45) is 5.92 Å². The fourth-order valence-electron chi connectivity index (χ4n) is 5.34. The highest BCUT2D eigenvalue weighted by Gasteiger charge is 2.39. The number of ether oxygens (including phenoxy) is 2. The van der Waals surface area contributed by atoms with Crippen LogP contribution in [0.5, 0.6) is 5.88 Å². The minimum atomic E-state index is -1.07. The molecule has 0 radical (unpaired) electrons. The first-order chi connectivity index (χ1) is 21.1. The Hall–Kier alpha value is -3.74. The number of imide groups is 1. The third-order valence-corrected chi connectivity index (χ3v) is 8.66. The van der Waals surface area contributed by atoms with Gasteiger partial charge in [0.05, 0.1) is 41.2 Å². The van der Waals surface area contributed by atoms with Crippen molar-refractivity contribution in [3.8, 4) is 28.3 Å². The molecule has 11 nitrogen and oxygen atoms in total. The molecular formula is C31H33Cl2N5O6. The smallest absolute Gasteiger partial charge is 0.326 e. The number of nitrogens with zero attached hydrogens (tertiary/aromatic N) is 3. The van der Waals surface area contributed by atoms with Gasteiger partial charge in [-0.05, 0) is 18.6 Å². The zero-order valence-electron chi connectivity index (χ0n) is 24.5. The molecule has 3 heterocycles. The van der Waals surface area contributed by atoms with E-state index in [0.717, 1.165) is 10.5 Å². The lowest BCUT2D eigenvalue weighted by atomic mass is 9.99. The molecule has 4 amide bonds. The summed E-state index contributed by atoms with van der Waals surface area (Å²) < 4.78 is 10.9. The molecule has 3 aromatic rings. The van der Waals surface area contributed by atoms with Gasteiger partial charge in [-0.15, -0.1) is 0 Å². The van der Waals surface area contributed by atoms with Crippen LogP contribution in [0.15, 0.2) is 48.5 Å². The van der Waals surface area contributed by atoms with Gasteiger partial charge in [0.1, 0.15) is 5.92 Å². The van der Waals surface area contributed by atoms with Crippen LogP contribution in [0.2, 0.25) is 10.0 Å². The number of aliphatic hydroxyl groups is 1. The molecule has 2 aromatic carbocycles. The predicted molar refractivity (Wildman–Crippen MR) is 167 cm³/mol. The third-order valence-electron chi connectivity index (χ3n) is 7.85. The Balaban J connectivity index is 1.38. The fourth-order valence-corrected chi connectivity index (χ4v) is 5.94. The summed E-state index contributed by atoms with van der Waals surface area (Å²) >= 11 is 13.7. The lowest BCUT2D eigenvalue weighted by molar-refractivity contribution is -0.140. The number of hydrogen-bond acceptors (Lipinski definition) is 8. The number of anilines is 1. The first-order valence-electron chi connectivity index (χ1n) is 14.0. The highest BCUT2D eigenvalue weighted by Crippen LogP contribution is 2.41.